The number of carboxylic acids is 1. The number of carbonyl (C=O) groups excluding carboxylic acids is 1. The number of aromatic nitrogens is 1. The van der Waals surface area contributed by atoms with E-state index >= 15 is 0 Å². The first-order chi connectivity index (χ1) is 11.0. The second-order valence-corrected chi connectivity index (χ2v) is 5.08. The van der Waals surface area contributed by atoms with Crippen molar-refractivity contribution in [3.05, 3.63) is 53.7 Å². The van der Waals surface area contributed by atoms with Crippen LogP contribution in [0.1, 0.15) is 29.8 Å². The molecule has 6 nitrogen and oxygen atoms in total. The molecule has 1 aromatic heterocycles. The van der Waals surface area contributed by atoms with E-state index in [1.165, 1.54) is 19.2 Å². The summed E-state index contributed by atoms with van der Waals surface area (Å²) in [7, 11) is 0. The number of nitrogens with one attached hydrogen (secondary N) is 1. The Morgan fingerprint density at radius 3 is 2.52 bits per heavy atom. The van der Waals surface area contributed by atoms with Gasteiger partial charge < -0.3 is 15.3 Å². The van der Waals surface area contributed by atoms with Gasteiger partial charge >= 0.3 is 5.97 Å². The molecule has 2 N–H and O–H groups in total. The third kappa shape index (κ3) is 4.29. The molecule has 120 valence electrons. The molecule has 0 atom stereocenters. The Morgan fingerprint density at radius 2 is 1.96 bits per heavy atom. The zero-order valence-electron chi connectivity index (χ0n) is 13.1. The van der Waals surface area contributed by atoms with Crippen molar-refractivity contribution in [3.63, 3.8) is 0 Å². The van der Waals surface area contributed by atoms with Gasteiger partial charge in [0, 0.05) is 20.0 Å². The minimum atomic E-state index is -1.08. The fraction of sp³-hybridized carbons (Fsp3) is 0.235. The molecular weight excluding hydrogens is 294 g/mol. The van der Waals surface area contributed by atoms with Crippen molar-refractivity contribution in [1.82, 2.24) is 4.98 Å². The summed E-state index contributed by atoms with van der Waals surface area (Å²) < 4.78 is 0. The number of pyridine rings is 1. The first-order valence-corrected chi connectivity index (χ1v) is 7.31. The maximum absolute atomic E-state index is 11.6. The molecular formula is C17H19N3O3. The van der Waals surface area contributed by atoms with Crippen LogP contribution in [0.5, 0.6) is 0 Å². The van der Waals surface area contributed by atoms with Gasteiger partial charge in [-0.1, -0.05) is 30.3 Å². The Hall–Kier alpha value is -2.89. The maximum Gasteiger partial charge on any atom is 0.339 e. The number of amides is 1. The summed E-state index contributed by atoms with van der Waals surface area (Å²) in [5.74, 6) is -0.961. The lowest BCUT2D eigenvalue weighted by atomic mass is 10.2. The number of nitrogens with zero attached hydrogens (tertiary/aromatic N) is 2. The van der Waals surface area contributed by atoms with Gasteiger partial charge in [0.1, 0.15) is 11.4 Å². The second kappa shape index (κ2) is 7.40. The average Bonchev–Trinajstić information content (AvgIpc) is 2.53. The number of hydrogen-bond donors (Lipinski definition) is 2. The van der Waals surface area contributed by atoms with Crippen LogP contribution in [0.25, 0.3) is 0 Å². The molecule has 6 heteroatoms. The van der Waals surface area contributed by atoms with E-state index in [0.717, 1.165) is 5.56 Å². The van der Waals surface area contributed by atoms with Crippen molar-refractivity contribution in [2.45, 2.75) is 20.4 Å². The number of aromatic carboxylic acids is 1. The summed E-state index contributed by atoms with van der Waals surface area (Å²) in [5.41, 5.74) is 1.50. The van der Waals surface area contributed by atoms with E-state index in [1.807, 2.05) is 42.2 Å². The van der Waals surface area contributed by atoms with E-state index in [0.29, 0.717) is 24.6 Å². The average molecular weight is 313 g/mol. The van der Waals surface area contributed by atoms with E-state index in [1.54, 1.807) is 0 Å². The summed E-state index contributed by atoms with van der Waals surface area (Å²) >= 11 is 0. The highest BCUT2D eigenvalue weighted by molar-refractivity contribution is 5.96. The number of carboxylic acid groups (broad SMARTS) is 1. The van der Waals surface area contributed by atoms with Crippen molar-refractivity contribution >= 4 is 23.4 Å². The van der Waals surface area contributed by atoms with Crippen LogP contribution in [0.4, 0.5) is 11.5 Å². The van der Waals surface area contributed by atoms with Crippen LogP contribution in [-0.4, -0.2) is 28.5 Å². The number of rotatable bonds is 6. The van der Waals surface area contributed by atoms with E-state index in [-0.39, 0.29) is 11.5 Å². The van der Waals surface area contributed by atoms with Gasteiger partial charge in [-0.05, 0) is 18.6 Å². The van der Waals surface area contributed by atoms with Crippen LogP contribution in [0.3, 0.4) is 0 Å². The second-order valence-electron chi connectivity index (χ2n) is 5.08. The molecule has 0 saturated carbocycles. The van der Waals surface area contributed by atoms with Crippen LogP contribution in [0, 0.1) is 0 Å². The molecule has 2 aromatic rings. The van der Waals surface area contributed by atoms with E-state index in [2.05, 4.69) is 10.3 Å². The summed E-state index contributed by atoms with van der Waals surface area (Å²) in [4.78, 5) is 28.8. The van der Waals surface area contributed by atoms with E-state index in [9.17, 15) is 14.7 Å². The molecule has 0 fully saturated rings. The third-order valence-electron chi connectivity index (χ3n) is 3.31. The van der Waals surface area contributed by atoms with Gasteiger partial charge in [-0.25, -0.2) is 9.78 Å². The molecule has 2 rings (SSSR count). The number of hydrogen-bond acceptors (Lipinski definition) is 4. The zero-order chi connectivity index (χ0) is 16.8. The predicted octanol–water partition coefficient (Wildman–Crippen LogP) is 2.76. The van der Waals surface area contributed by atoms with Crippen LogP contribution < -0.4 is 10.2 Å². The Bertz CT molecular complexity index is 701. The molecule has 0 spiro atoms. The first kappa shape index (κ1) is 16.5. The molecule has 0 aliphatic heterocycles. The maximum atomic E-state index is 11.6. The highest BCUT2D eigenvalue weighted by Gasteiger charge is 2.18. The summed E-state index contributed by atoms with van der Waals surface area (Å²) in [6, 6.07) is 11.2. The van der Waals surface area contributed by atoms with Crippen LogP contribution >= 0.6 is 0 Å². The van der Waals surface area contributed by atoms with Gasteiger partial charge in [0.25, 0.3) is 0 Å². The Balaban J connectivity index is 2.35. The molecule has 0 radical (unpaired) electrons. The van der Waals surface area contributed by atoms with Gasteiger partial charge in [0.2, 0.25) is 5.91 Å². The lowest BCUT2D eigenvalue weighted by Crippen LogP contribution is -2.25. The normalized spacial score (nSPS) is 10.2. The van der Waals surface area contributed by atoms with Crippen LogP contribution in [0.15, 0.2) is 42.6 Å². The molecule has 0 aliphatic rings. The number of anilines is 2. The molecule has 1 heterocycles. The van der Waals surface area contributed by atoms with Crippen LogP contribution in [0.2, 0.25) is 0 Å². The Labute approximate surface area is 134 Å². The van der Waals surface area contributed by atoms with Crippen molar-refractivity contribution in [1.29, 1.82) is 0 Å². The number of carbonyl (C=O) groups is 2. The molecule has 0 bridgehead atoms. The van der Waals surface area contributed by atoms with E-state index < -0.39 is 5.97 Å². The van der Waals surface area contributed by atoms with Crippen molar-refractivity contribution in [3.8, 4) is 0 Å². The van der Waals surface area contributed by atoms with Crippen molar-refractivity contribution in [2.24, 2.45) is 0 Å². The quantitative estimate of drug-likeness (QED) is 0.857. The third-order valence-corrected chi connectivity index (χ3v) is 3.31. The van der Waals surface area contributed by atoms with Gasteiger partial charge in [0.15, 0.2) is 0 Å². The summed E-state index contributed by atoms with van der Waals surface area (Å²) in [6.07, 6.45) is 1.47. The molecule has 0 unspecified atom stereocenters. The predicted molar refractivity (Wildman–Crippen MR) is 88.7 cm³/mol. The molecule has 1 amide bonds. The summed E-state index contributed by atoms with van der Waals surface area (Å²) in [5, 5.41) is 12.0. The van der Waals surface area contributed by atoms with Gasteiger partial charge in [0.05, 0.1) is 11.9 Å². The smallest absolute Gasteiger partial charge is 0.339 e. The number of benzene rings is 1. The Morgan fingerprint density at radius 1 is 1.26 bits per heavy atom. The standard InChI is InChI=1S/C17H19N3O3/c1-3-20(11-13-7-5-4-6-8-13)16-15(17(22)23)9-14(10-18-16)19-12(2)21/h4-10H,3,11H2,1-2H3,(H,19,21)(H,22,23). The van der Waals surface area contributed by atoms with E-state index in [4.69, 9.17) is 0 Å². The molecule has 0 saturated heterocycles. The Kier molecular flexibility index (Phi) is 5.30. The lowest BCUT2D eigenvalue weighted by Gasteiger charge is -2.24. The van der Waals surface area contributed by atoms with Crippen molar-refractivity contribution in [2.75, 3.05) is 16.8 Å². The highest BCUT2D eigenvalue weighted by atomic mass is 16.4. The zero-order valence-corrected chi connectivity index (χ0v) is 13.1. The summed E-state index contributed by atoms with van der Waals surface area (Å²) in [6.45, 7) is 4.48. The fourth-order valence-electron chi connectivity index (χ4n) is 2.28. The monoisotopic (exact) mass is 313 g/mol. The van der Waals surface area contributed by atoms with Gasteiger partial charge in [-0.2, -0.15) is 0 Å². The van der Waals surface area contributed by atoms with Gasteiger partial charge in [-0.3, -0.25) is 4.79 Å². The first-order valence-electron chi connectivity index (χ1n) is 7.31. The van der Waals surface area contributed by atoms with Crippen LogP contribution in [-0.2, 0) is 11.3 Å². The minimum absolute atomic E-state index is 0.0639. The molecule has 0 aliphatic carbocycles. The fourth-order valence-corrected chi connectivity index (χ4v) is 2.28. The highest BCUT2D eigenvalue weighted by Crippen LogP contribution is 2.23. The lowest BCUT2D eigenvalue weighted by molar-refractivity contribution is -0.114. The topological polar surface area (TPSA) is 82.5 Å². The largest absolute Gasteiger partial charge is 0.478 e. The van der Waals surface area contributed by atoms with Crippen molar-refractivity contribution < 1.29 is 14.7 Å². The SMILES string of the molecule is CCN(Cc1ccccc1)c1ncc(NC(C)=O)cc1C(=O)O. The van der Waals surface area contributed by atoms with Gasteiger partial charge in [-0.15, -0.1) is 0 Å². The minimum Gasteiger partial charge on any atom is -0.478 e. The molecule has 23 heavy (non-hydrogen) atoms. The molecule has 1 aromatic carbocycles.